The molecule has 0 N–H and O–H groups in total. The first-order valence-corrected chi connectivity index (χ1v) is 4.09. The lowest BCUT2D eigenvalue weighted by Gasteiger charge is -1.98. The minimum Gasteiger partial charge on any atom is -0.234 e. The minimum atomic E-state index is 0.587. The average molecular weight is 164 g/mol. The largest absolute Gasteiger partial charge is 0.234 e. The van der Waals surface area contributed by atoms with Crippen LogP contribution in [0, 0.1) is 18.3 Å². The fourth-order valence-electron chi connectivity index (χ4n) is 1.00. The van der Waals surface area contributed by atoms with E-state index < -0.39 is 0 Å². The van der Waals surface area contributed by atoms with Crippen molar-refractivity contribution in [2.45, 2.75) is 33.2 Å². The van der Waals surface area contributed by atoms with E-state index in [4.69, 9.17) is 5.26 Å². The lowest BCUT2D eigenvalue weighted by molar-refractivity contribution is 0.548. The van der Waals surface area contributed by atoms with Crippen LogP contribution in [0.3, 0.4) is 0 Å². The first-order chi connectivity index (χ1) is 5.79. The third kappa shape index (κ3) is 1.62. The van der Waals surface area contributed by atoms with E-state index in [0.29, 0.717) is 11.4 Å². The maximum atomic E-state index is 8.74. The van der Waals surface area contributed by atoms with Crippen molar-refractivity contribution >= 4 is 0 Å². The van der Waals surface area contributed by atoms with E-state index in [2.05, 4.69) is 23.3 Å². The van der Waals surface area contributed by atoms with Crippen LogP contribution in [-0.4, -0.2) is 15.0 Å². The number of nitriles is 1. The number of unbranched alkanes of at least 4 members (excludes halogenated alkanes) is 1. The van der Waals surface area contributed by atoms with Gasteiger partial charge in [-0.3, -0.25) is 0 Å². The SMILES string of the molecule is CCCCn1nnc(C)c1C#N. The van der Waals surface area contributed by atoms with Crippen LogP contribution in [0.4, 0.5) is 0 Å². The van der Waals surface area contributed by atoms with Gasteiger partial charge in [0.2, 0.25) is 0 Å². The minimum absolute atomic E-state index is 0.587. The Balaban J connectivity index is 2.79. The number of rotatable bonds is 3. The van der Waals surface area contributed by atoms with Crippen LogP contribution in [0.1, 0.15) is 31.2 Å². The molecule has 0 bridgehead atoms. The molecule has 12 heavy (non-hydrogen) atoms. The first kappa shape index (κ1) is 8.72. The second-order valence-electron chi connectivity index (χ2n) is 2.71. The Labute approximate surface area is 71.8 Å². The quantitative estimate of drug-likeness (QED) is 0.675. The third-order valence-corrected chi connectivity index (χ3v) is 1.73. The summed E-state index contributed by atoms with van der Waals surface area (Å²) >= 11 is 0. The van der Waals surface area contributed by atoms with Gasteiger partial charge in [-0.25, -0.2) is 4.68 Å². The van der Waals surface area contributed by atoms with Gasteiger partial charge in [-0.2, -0.15) is 5.26 Å². The average Bonchev–Trinajstić information content (AvgIpc) is 2.43. The van der Waals surface area contributed by atoms with Gasteiger partial charge in [-0.1, -0.05) is 18.6 Å². The molecule has 64 valence electrons. The number of hydrogen-bond donors (Lipinski definition) is 0. The van der Waals surface area contributed by atoms with Gasteiger partial charge in [-0.15, -0.1) is 5.10 Å². The molecule has 1 heterocycles. The van der Waals surface area contributed by atoms with Crippen LogP contribution < -0.4 is 0 Å². The fourth-order valence-corrected chi connectivity index (χ4v) is 1.00. The van der Waals surface area contributed by atoms with Crippen molar-refractivity contribution < 1.29 is 0 Å². The molecule has 1 aromatic rings. The Morgan fingerprint density at radius 1 is 1.58 bits per heavy atom. The predicted molar refractivity (Wildman–Crippen MR) is 44.4 cm³/mol. The van der Waals surface area contributed by atoms with E-state index in [0.717, 1.165) is 19.4 Å². The van der Waals surface area contributed by atoms with E-state index in [1.165, 1.54) is 0 Å². The highest BCUT2D eigenvalue weighted by Crippen LogP contribution is 2.03. The molecule has 1 aromatic heterocycles. The van der Waals surface area contributed by atoms with Crippen LogP contribution in [0.5, 0.6) is 0 Å². The summed E-state index contributed by atoms with van der Waals surface area (Å²) in [5, 5.41) is 16.4. The van der Waals surface area contributed by atoms with Crippen LogP contribution in [0.2, 0.25) is 0 Å². The van der Waals surface area contributed by atoms with E-state index in [9.17, 15) is 0 Å². The number of nitrogens with zero attached hydrogens (tertiary/aromatic N) is 4. The van der Waals surface area contributed by atoms with Crippen LogP contribution in [0.25, 0.3) is 0 Å². The van der Waals surface area contributed by atoms with Gasteiger partial charge in [0.15, 0.2) is 5.69 Å². The number of hydrogen-bond acceptors (Lipinski definition) is 3. The van der Waals surface area contributed by atoms with E-state index in [-0.39, 0.29) is 0 Å². The lowest BCUT2D eigenvalue weighted by atomic mass is 10.3. The lowest BCUT2D eigenvalue weighted by Crippen LogP contribution is -2.02. The molecule has 0 atom stereocenters. The number of aryl methyl sites for hydroxylation is 2. The zero-order valence-corrected chi connectivity index (χ0v) is 7.41. The van der Waals surface area contributed by atoms with Crippen molar-refractivity contribution in [2.24, 2.45) is 0 Å². The van der Waals surface area contributed by atoms with Crippen molar-refractivity contribution in [1.82, 2.24) is 15.0 Å². The predicted octanol–water partition coefficient (Wildman–Crippen LogP) is 1.26. The van der Waals surface area contributed by atoms with Gasteiger partial charge < -0.3 is 0 Å². The van der Waals surface area contributed by atoms with E-state index >= 15 is 0 Å². The van der Waals surface area contributed by atoms with Crippen LogP contribution in [-0.2, 0) is 6.54 Å². The van der Waals surface area contributed by atoms with Gasteiger partial charge in [0.1, 0.15) is 6.07 Å². The maximum Gasteiger partial charge on any atom is 0.161 e. The summed E-state index contributed by atoms with van der Waals surface area (Å²) in [7, 11) is 0. The molecule has 0 spiro atoms. The summed E-state index contributed by atoms with van der Waals surface area (Å²) in [6.07, 6.45) is 2.14. The zero-order chi connectivity index (χ0) is 8.97. The molecular formula is C8H12N4. The highest BCUT2D eigenvalue weighted by atomic mass is 15.4. The Morgan fingerprint density at radius 3 is 2.92 bits per heavy atom. The van der Waals surface area contributed by atoms with Gasteiger partial charge in [0.25, 0.3) is 0 Å². The first-order valence-electron chi connectivity index (χ1n) is 4.09. The molecule has 0 saturated heterocycles. The molecule has 0 aliphatic carbocycles. The second kappa shape index (κ2) is 3.86. The van der Waals surface area contributed by atoms with Crippen molar-refractivity contribution in [1.29, 1.82) is 5.26 Å². The summed E-state index contributed by atoms with van der Waals surface area (Å²) in [6.45, 7) is 4.70. The van der Waals surface area contributed by atoms with Crippen LogP contribution in [0.15, 0.2) is 0 Å². The molecule has 1 rings (SSSR count). The smallest absolute Gasteiger partial charge is 0.161 e. The van der Waals surface area contributed by atoms with Gasteiger partial charge >= 0.3 is 0 Å². The zero-order valence-electron chi connectivity index (χ0n) is 7.41. The van der Waals surface area contributed by atoms with Gasteiger partial charge in [0, 0.05) is 6.54 Å². The molecular weight excluding hydrogens is 152 g/mol. The molecule has 0 radical (unpaired) electrons. The summed E-state index contributed by atoms with van der Waals surface area (Å²) in [4.78, 5) is 0. The fraction of sp³-hybridized carbons (Fsp3) is 0.625. The Kier molecular flexibility index (Phi) is 2.81. The third-order valence-electron chi connectivity index (χ3n) is 1.73. The van der Waals surface area contributed by atoms with Crippen molar-refractivity contribution in [3.05, 3.63) is 11.4 Å². The highest BCUT2D eigenvalue weighted by molar-refractivity contribution is 5.23. The second-order valence-corrected chi connectivity index (χ2v) is 2.71. The van der Waals surface area contributed by atoms with Gasteiger partial charge in [0.05, 0.1) is 5.69 Å². The Morgan fingerprint density at radius 2 is 2.33 bits per heavy atom. The molecule has 0 aliphatic heterocycles. The molecule has 0 unspecified atom stereocenters. The standard InChI is InChI=1S/C8H12N4/c1-3-4-5-12-8(6-9)7(2)10-11-12/h3-5H2,1-2H3. The Bertz CT molecular complexity index is 294. The van der Waals surface area contributed by atoms with E-state index in [1.54, 1.807) is 11.6 Å². The van der Waals surface area contributed by atoms with Gasteiger partial charge in [-0.05, 0) is 13.3 Å². The topological polar surface area (TPSA) is 54.5 Å². The molecule has 0 aromatic carbocycles. The van der Waals surface area contributed by atoms with Crippen molar-refractivity contribution in [2.75, 3.05) is 0 Å². The molecule has 0 saturated carbocycles. The Hall–Kier alpha value is -1.37. The monoisotopic (exact) mass is 164 g/mol. The molecule has 0 aliphatic rings. The van der Waals surface area contributed by atoms with E-state index in [1.807, 2.05) is 0 Å². The number of aromatic nitrogens is 3. The summed E-state index contributed by atoms with van der Waals surface area (Å²) < 4.78 is 1.67. The molecule has 0 fully saturated rings. The maximum absolute atomic E-state index is 8.74. The van der Waals surface area contributed by atoms with Crippen LogP contribution >= 0.6 is 0 Å². The highest BCUT2D eigenvalue weighted by Gasteiger charge is 2.06. The van der Waals surface area contributed by atoms with Crippen molar-refractivity contribution in [3.8, 4) is 6.07 Å². The normalized spacial score (nSPS) is 9.75. The molecule has 4 nitrogen and oxygen atoms in total. The van der Waals surface area contributed by atoms with Crippen molar-refractivity contribution in [3.63, 3.8) is 0 Å². The summed E-state index contributed by atoms with van der Waals surface area (Å²) in [5.41, 5.74) is 1.30. The summed E-state index contributed by atoms with van der Waals surface area (Å²) in [5.74, 6) is 0. The molecule has 4 heteroatoms. The molecule has 0 amide bonds. The summed E-state index contributed by atoms with van der Waals surface area (Å²) in [6, 6.07) is 2.09.